The number of hydrogen-bond donors (Lipinski definition) is 2. The third kappa shape index (κ3) is 3.78. The van der Waals surface area contributed by atoms with Crippen LogP contribution in [0.1, 0.15) is 17.5 Å². The number of amides is 1. The van der Waals surface area contributed by atoms with Gasteiger partial charge in [0, 0.05) is 32.6 Å². The van der Waals surface area contributed by atoms with E-state index in [-0.39, 0.29) is 11.9 Å². The summed E-state index contributed by atoms with van der Waals surface area (Å²) in [5.41, 5.74) is 8.20. The van der Waals surface area contributed by atoms with Gasteiger partial charge in [-0.25, -0.2) is 0 Å². The van der Waals surface area contributed by atoms with E-state index in [9.17, 15) is 4.79 Å². The van der Waals surface area contributed by atoms with Gasteiger partial charge < -0.3 is 16.0 Å². The Bertz CT molecular complexity index is 433. The summed E-state index contributed by atoms with van der Waals surface area (Å²) in [6.45, 7) is 5.06. The van der Waals surface area contributed by atoms with Gasteiger partial charge in [-0.05, 0) is 18.9 Å². The van der Waals surface area contributed by atoms with E-state index in [1.54, 1.807) is 0 Å². The molecule has 1 aliphatic heterocycles. The fourth-order valence-electron chi connectivity index (χ4n) is 2.56. The predicted octanol–water partition coefficient (Wildman–Crippen LogP) is 0.687. The van der Waals surface area contributed by atoms with Crippen molar-refractivity contribution in [2.24, 2.45) is 5.73 Å². The van der Waals surface area contributed by atoms with Crippen molar-refractivity contribution in [2.45, 2.75) is 25.8 Å². The SMILES string of the molecule is Cc1cccc(CCC(=O)N2CCNCC2CN)c1. The first-order valence-electron chi connectivity index (χ1n) is 6.96. The van der Waals surface area contributed by atoms with Crippen molar-refractivity contribution in [2.75, 3.05) is 26.2 Å². The molecule has 0 aliphatic carbocycles. The lowest BCUT2D eigenvalue weighted by atomic mass is 10.1. The Balaban J connectivity index is 1.89. The summed E-state index contributed by atoms with van der Waals surface area (Å²) in [6.07, 6.45) is 1.38. The van der Waals surface area contributed by atoms with E-state index >= 15 is 0 Å². The molecule has 0 saturated carbocycles. The first kappa shape index (κ1) is 14.0. The Morgan fingerprint density at radius 3 is 3.11 bits per heavy atom. The van der Waals surface area contributed by atoms with Gasteiger partial charge in [-0.15, -0.1) is 0 Å². The summed E-state index contributed by atoms with van der Waals surface area (Å²) in [4.78, 5) is 14.2. The molecule has 1 heterocycles. The van der Waals surface area contributed by atoms with Gasteiger partial charge in [0.25, 0.3) is 0 Å². The molecule has 1 aromatic rings. The van der Waals surface area contributed by atoms with Crippen LogP contribution in [0.3, 0.4) is 0 Å². The van der Waals surface area contributed by atoms with Crippen molar-refractivity contribution in [3.8, 4) is 0 Å². The van der Waals surface area contributed by atoms with Crippen molar-refractivity contribution < 1.29 is 4.79 Å². The molecule has 104 valence electrons. The van der Waals surface area contributed by atoms with E-state index in [4.69, 9.17) is 5.73 Å². The molecule has 1 aromatic carbocycles. The van der Waals surface area contributed by atoms with Crippen LogP contribution in [0.5, 0.6) is 0 Å². The number of carbonyl (C=O) groups excluding carboxylic acids is 1. The van der Waals surface area contributed by atoms with Gasteiger partial charge in [-0.3, -0.25) is 4.79 Å². The Kier molecular flexibility index (Phi) is 4.93. The van der Waals surface area contributed by atoms with E-state index in [1.807, 2.05) is 11.0 Å². The van der Waals surface area contributed by atoms with Gasteiger partial charge in [-0.1, -0.05) is 29.8 Å². The quantitative estimate of drug-likeness (QED) is 0.838. The molecule has 0 spiro atoms. The van der Waals surface area contributed by atoms with E-state index in [2.05, 4.69) is 30.4 Å². The topological polar surface area (TPSA) is 58.4 Å². The molecule has 19 heavy (non-hydrogen) atoms. The molecule has 3 N–H and O–H groups in total. The molecule has 4 nitrogen and oxygen atoms in total. The summed E-state index contributed by atoms with van der Waals surface area (Å²) in [5, 5.41) is 3.28. The first-order chi connectivity index (χ1) is 9.20. The van der Waals surface area contributed by atoms with Gasteiger partial charge in [0.05, 0.1) is 6.04 Å². The largest absolute Gasteiger partial charge is 0.336 e. The molecular weight excluding hydrogens is 238 g/mol. The highest BCUT2D eigenvalue weighted by atomic mass is 16.2. The fraction of sp³-hybridized carbons (Fsp3) is 0.533. The highest BCUT2D eigenvalue weighted by molar-refractivity contribution is 5.77. The number of aryl methyl sites for hydroxylation is 2. The van der Waals surface area contributed by atoms with Gasteiger partial charge in [0.2, 0.25) is 5.91 Å². The number of benzene rings is 1. The summed E-state index contributed by atoms with van der Waals surface area (Å²) in [7, 11) is 0. The lowest BCUT2D eigenvalue weighted by Crippen LogP contribution is -2.56. The number of nitrogens with zero attached hydrogens (tertiary/aromatic N) is 1. The average Bonchev–Trinajstić information content (AvgIpc) is 2.45. The lowest BCUT2D eigenvalue weighted by molar-refractivity contribution is -0.134. The van der Waals surface area contributed by atoms with Gasteiger partial charge in [0.1, 0.15) is 0 Å². The fourth-order valence-corrected chi connectivity index (χ4v) is 2.56. The van der Waals surface area contributed by atoms with Crippen LogP contribution in [0.15, 0.2) is 24.3 Å². The molecule has 2 rings (SSSR count). The van der Waals surface area contributed by atoms with E-state index in [1.165, 1.54) is 11.1 Å². The van der Waals surface area contributed by atoms with Gasteiger partial charge in [-0.2, -0.15) is 0 Å². The van der Waals surface area contributed by atoms with Crippen molar-refractivity contribution in [1.29, 1.82) is 0 Å². The van der Waals surface area contributed by atoms with Crippen LogP contribution in [0.4, 0.5) is 0 Å². The third-order valence-electron chi connectivity index (χ3n) is 3.65. The summed E-state index contributed by atoms with van der Waals surface area (Å²) >= 11 is 0. The second kappa shape index (κ2) is 6.68. The first-order valence-corrected chi connectivity index (χ1v) is 6.96. The predicted molar refractivity (Wildman–Crippen MR) is 76.9 cm³/mol. The summed E-state index contributed by atoms with van der Waals surface area (Å²) in [5.74, 6) is 0.221. The van der Waals surface area contributed by atoms with E-state index < -0.39 is 0 Å². The highest BCUT2D eigenvalue weighted by Gasteiger charge is 2.24. The zero-order valence-corrected chi connectivity index (χ0v) is 11.6. The van der Waals surface area contributed by atoms with Crippen molar-refractivity contribution in [3.05, 3.63) is 35.4 Å². The highest BCUT2D eigenvalue weighted by Crippen LogP contribution is 2.10. The van der Waals surface area contributed by atoms with Crippen LogP contribution < -0.4 is 11.1 Å². The maximum atomic E-state index is 12.3. The Hall–Kier alpha value is -1.39. The van der Waals surface area contributed by atoms with Crippen LogP contribution in [0.2, 0.25) is 0 Å². The minimum atomic E-state index is 0.152. The number of piperazine rings is 1. The molecule has 1 unspecified atom stereocenters. The van der Waals surface area contributed by atoms with Crippen LogP contribution in [0.25, 0.3) is 0 Å². The number of nitrogens with one attached hydrogen (secondary N) is 1. The summed E-state index contributed by atoms with van der Waals surface area (Å²) in [6, 6.07) is 8.50. The average molecular weight is 261 g/mol. The minimum Gasteiger partial charge on any atom is -0.336 e. The monoisotopic (exact) mass is 261 g/mol. The molecule has 0 radical (unpaired) electrons. The van der Waals surface area contributed by atoms with E-state index in [0.29, 0.717) is 13.0 Å². The molecule has 4 heteroatoms. The maximum Gasteiger partial charge on any atom is 0.223 e. The molecule has 1 aliphatic rings. The number of nitrogens with two attached hydrogens (primary N) is 1. The Labute approximate surface area is 115 Å². The van der Waals surface area contributed by atoms with Crippen LogP contribution in [-0.2, 0) is 11.2 Å². The van der Waals surface area contributed by atoms with Crippen LogP contribution in [0, 0.1) is 6.92 Å². The Morgan fingerprint density at radius 2 is 2.37 bits per heavy atom. The van der Waals surface area contributed by atoms with Gasteiger partial charge in [0.15, 0.2) is 0 Å². The molecular formula is C15H23N3O. The van der Waals surface area contributed by atoms with Gasteiger partial charge >= 0.3 is 0 Å². The molecule has 1 saturated heterocycles. The second-order valence-corrected chi connectivity index (χ2v) is 5.17. The second-order valence-electron chi connectivity index (χ2n) is 5.17. The zero-order valence-electron chi connectivity index (χ0n) is 11.6. The molecule has 0 bridgehead atoms. The van der Waals surface area contributed by atoms with Crippen molar-refractivity contribution in [3.63, 3.8) is 0 Å². The zero-order chi connectivity index (χ0) is 13.7. The number of rotatable bonds is 4. The standard InChI is InChI=1S/C15H23N3O/c1-12-3-2-4-13(9-12)5-6-15(19)18-8-7-17-11-14(18)10-16/h2-4,9,14,17H,5-8,10-11,16H2,1H3. The Morgan fingerprint density at radius 1 is 1.53 bits per heavy atom. The lowest BCUT2D eigenvalue weighted by Gasteiger charge is -2.35. The van der Waals surface area contributed by atoms with Crippen LogP contribution in [-0.4, -0.2) is 43.0 Å². The van der Waals surface area contributed by atoms with Crippen molar-refractivity contribution >= 4 is 5.91 Å². The molecule has 1 amide bonds. The van der Waals surface area contributed by atoms with E-state index in [0.717, 1.165) is 26.1 Å². The van der Waals surface area contributed by atoms with Crippen molar-refractivity contribution in [1.82, 2.24) is 10.2 Å². The summed E-state index contributed by atoms with van der Waals surface area (Å²) < 4.78 is 0. The molecule has 1 fully saturated rings. The third-order valence-corrected chi connectivity index (χ3v) is 3.65. The minimum absolute atomic E-state index is 0.152. The maximum absolute atomic E-state index is 12.3. The van der Waals surface area contributed by atoms with Crippen LogP contribution >= 0.6 is 0 Å². The number of carbonyl (C=O) groups is 1. The molecule has 1 atom stereocenters. The normalized spacial score (nSPS) is 19.5. The smallest absolute Gasteiger partial charge is 0.223 e. The molecule has 0 aromatic heterocycles. The number of hydrogen-bond acceptors (Lipinski definition) is 3.